The molecule has 1 N–H and O–H groups in total. The largest absolute Gasteiger partial charge is 0.496 e. The summed E-state index contributed by atoms with van der Waals surface area (Å²) in [5.74, 6) is 2.13. The zero-order chi connectivity index (χ0) is 25.1. The molecule has 2 heterocycles. The van der Waals surface area contributed by atoms with Gasteiger partial charge in [-0.3, -0.25) is 9.69 Å². The fourth-order valence-electron chi connectivity index (χ4n) is 4.53. The number of rotatable bonds is 8. The van der Waals surface area contributed by atoms with Crippen molar-refractivity contribution in [3.63, 3.8) is 0 Å². The van der Waals surface area contributed by atoms with E-state index in [2.05, 4.69) is 16.8 Å². The fraction of sp³-hybridized carbons (Fsp3) is 0.444. The molecule has 3 aromatic rings. The number of hydrogen-bond donors (Lipinski definition) is 1. The van der Waals surface area contributed by atoms with Crippen LogP contribution in [0.5, 0.6) is 17.2 Å². The summed E-state index contributed by atoms with van der Waals surface area (Å²) in [6.07, 6.45) is -0.569. The van der Waals surface area contributed by atoms with Crippen molar-refractivity contribution in [1.82, 2.24) is 9.80 Å². The van der Waals surface area contributed by atoms with Crippen LogP contribution in [0.1, 0.15) is 11.1 Å². The topological polar surface area (TPSA) is 84.6 Å². The number of aliphatic hydroxyl groups excluding tert-OH is 1. The second-order valence-corrected chi connectivity index (χ2v) is 9.19. The normalized spacial score (nSPS) is 15.8. The highest BCUT2D eigenvalue weighted by Crippen LogP contribution is 2.34. The van der Waals surface area contributed by atoms with Crippen LogP contribution in [0.4, 0.5) is 0 Å². The van der Waals surface area contributed by atoms with Gasteiger partial charge in [0, 0.05) is 56.5 Å². The van der Waals surface area contributed by atoms with Crippen molar-refractivity contribution in [3.8, 4) is 28.6 Å². The maximum absolute atomic E-state index is 12.9. The van der Waals surface area contributed by atoms with Crippen LogP contribution in [-0.4, -0.2) is 81.6 Å². The summed E-state index contributed by atoms with van der Waals surface area (Å²) >= 11 is 0. The molecule has 8 heteroatoms. The van der Waals surface area contributed by atoms with Crippen LogP contribution in [0.2, 0.25) is 0 Å². The van der Waals surface area contributed by atoms with Crippen molar-refractivity contribution in [2.24, 2.45) is 0 Å². The number of nitrogens with zero attached hydrogens (tertiary/aromatic N) is 2. The van der Waals surface area contributed by atoms with Gasteiger partial charge >= 0.3 is 0 Å². The number of piperazine rings is 1. The molecule has 1 atom stereocenters. The minimum Gasteiger partial charge on any atom is -0.496 e. The molecular weight excluding hydrogens is 448 g/mol. The van der Waals surface area contributed by atoms with Crippen LogP contribution < -0.4 is 19.6 Å². The second-order valence-electron chi connectivity index (χ2n) is 9.19. The number of benzene rings is 2. The third kappa shape index (κ3) is 5.61. The molecule has 0 saturated carbocycles. The first kappa shape index (κ1) is 25.0. The first-order valence-corrected chi connectivity index (χ1v) is 11.8. The second kappa shape index (κ2) is 10.7. The van der Waals surface area contributed by atoms with Crippen molar-refractivity contribution >= 4 is 11.0 Å². The Bertz CT molecular complexity index is 1220. The fourth-order valence-corrected chi connectivity index (χ4v) is 4.53. The van der Waals surface area contributed by atoms with Gasteiger partial charge in [-0.15, -0.1) is 0 Å². The molecule has 0 bridgehead atoms. The lowest BCUT2D eigenvalue weighted by Crippen LogP contribution is -2.47. The standard InChI is InChI=1S/C27H34N2O6/c1-17-10-19(23-14-22(31)26-24(33-5)12-21(32-4)13-25(26)35-23)11-18(2)27(17)34-16-20(30)15-29-8-6-28(3)7-9-29/h10-14,20,30H,6-9,15-16H2,1-5H3/t20-/m0/s1. The highest BCUT2D eigenvalue weighted by Gasteiger charge is 2.19. The monoisotopic (exact) mass is 482 g/mol. The van der Waals surface area contributed by atoms with Gasteiger partial charge in [0.15, 0.2) is 5.43 Å². The summed E-state index contributed by atoms with van der Waals surface area (Å²) < 4.78 is 22.8. The minimum atomic E-state index is -0.569. The lowest BCUT2D eigenvalue weighted by Gasteiger charge is -2.33. The third-order valence-electron chi connectivity index (χ3n) is 6.45. The Balaban J connectivity index is 1.54. The molecule has 1 aliphatic heterocycles. The van der Waals surface area contributed by atoms with E-state index in [0.717, 1.165) is 48.6 Å². The number of ether oxygens (including phenoxy) is 3. The van der Waals surface area contributed by atoms with Gasteiger partial charge in [-0.05, 0) is 44.2 Å². The highest BCUT2D eigenvalue weighted by atomic mass is 16.5. The number of likely N-dealkylation sites (N-methyl/N-ethyl adjacent to an activating group) is 1. The van der Waals surface area contributed by atoms with Gasteiger partial charge in [0.2, 0.25) is 0 Å². The Hall–Kier alpha value is -3.07. The Morgan fingerprint density at radius 1 is 1.00 bits per heavy atom. The summed E-state index contributed by atoms with van der Waals surface area (Å²) in [7, 11) is 5.17. The molecule has 0 radical (unpaired) electrons. The van der Waals surface area contributed by atoms with Crippen LogP contribution in [0.3, 0.4) is 0 Å². The predicted octanol–water partition coefficient (Wildman–Crippen LogP) is 3.08. The summed E-state index contributed by atoms with van der Waals surface area (Å²) in [5, 5.41) is 10.9. The zero-order valence-corrected chi connectivity index (χ0v) is 21.1. The smallest absolute Gasteiger partial charge is 0.197 e. The zero-order valence-electron chi connectivity index (χ0n) is 21.1. The number of fused-ring (bicyclic) bond motifs is 1. The van der Waals surface area contributed by atoms with Gasteiger partial charge < -0.3 is 28.6 Å². The van der Waals surface area contributed by atoms with Crippen molar-refractivity contribution in [2.45, 2.75) is 20.0 Å². The van der Waals surface area contributed by atoms with Crippen LogP contribution in [-0.2, 0) is 0 Å². The first-order chi connectivity index (χ1) is 16.8. The van der Waals surface area contributed by atoms with Crippen LogP contribution in [0.15, 0.2) is 39.5 Å². The number of aliphatic hydroxyl groups is 1. The Morgan fingerprint density at radius 2 is 1.69 bits per heavy atom. The summed E-state index contributed by atoms with van der Waals surface area (Å²) in [6, 6.07) is 8.68. The van der Waals surface area contributed by atoms with Gasteiger partial charge in [-0.1, -0.05) is 0 Å². The molecule has 188 valence electrons. The van der Waals surface area contributed by atoms with Crippen molar-refractivity contribution in [3.05, 3.63) is 51.7 Å². The molecule has 2 aromatic carbocycles. The summed E-state index contributed by atoms with van der Waals surface area (Å²) in [5.41, 5.74) is 2.77. The average Bonchev–Trinajstić information content (AvgIpc) is 2.83. The van der Waals surface area contributed by atoms with Crippen LogP contribution in [0, 0.1) is 13.8 Å². The molecule has 1 aromatic heterocycles. The molecule has 4 rings (SSSR count). The summed E-state index contributed by atoms with van der Waals surface area (Å²) in [4.78, 5) is 17.5. The van der Waals surface area contributed by atoms with E-state index in [9.17, 15) is 9.90 Å². The van der Waals surface area contributed by atoms with E-state index >= 15 is 0 Å². The van der Waals surface area contributed by atoms with Gasteiger partial charge in [0.05, 0.1) is 14.2 Å². The predicted molar refractivity (Wildman–Crippen MR) is 136 cm³/mol. The van der Waals surface area contributed by atoms with Crippen molar-refractivity contribution < 1.29 is 23.7 Å². The van der Waals surface area contributed by atoms with E-state index in [1.54, 1.807) is 19.2 Å². The van der Waals surface area contributed by atoms with Gasteiger partial charge in [-0.25, -0.2) is 0 Å². The first-order valence-electron chi connectivity index (χ1n) is 11.8. The van der Waals surface area contributed by atoms with Crippen molar-refractivity contribution in [2.75, 3.05) is 60.6 Å². The molecule has 0 spiro atoms. The Kier molecular flexibility index (Phi) is 7.64. The Labute approximate surface area is 205 Å². The molecule has 35 heavy (non-hydrogen) atoms. The highest BCUT2D eigenvalue weighted by molar-refractivity contribution is 5.86. The van der Waals surface area contributed by atoms with E-state index in [1.165, 1.54) is 13.2 Å². The van der Waals surface area contributed by atoms with Gasteiger partial charge in [-0.2, -0.15) is 0 Å². The molecule has 1 saturated heterocycles. The average molecular weight is 483 g/mol. The maximum Gasteiger partial charge on any atom is 0.197 e. The Morgan fingerprint density at radius 3 is 2.31 bits per heavy atom. The lowest BCUT2D eigenvalue weighted by atomic mass is 10.0. The number of hydrogen-bond acceptors (Lipinski definition) is 8. The molecule has 1 fully saturated rings. The number of aryl methyl sites for hydroxylation is 2. The molecule has 8 nitrogen and oxygen atoms in total. The number of methoxy groups -OCH3 is 2. The molecule has 0 amide bonds. The van der Waals surface area contributed by atoms with Gasteiger partial charge in [0.1, 0.15) is 46.7 Å². The quantitative estimate of drug-likeness (QED) is 0.525. The van der Waals surface area contributed by atoms with Gasteiger partial charge in [0.25, 0.3) is 0 Å². The van der Waals surface area contributed by atoms with Crippen molar-refractivity contribution in [1.29, 1.82) is 0 Å². The van der Waals surface area contributed by atoms with Crippen LogP contribution >= 0.6 is 0 Å². The van der Waals surface area contributed by atoms with E-state index in [1.807, 2.05) is 26.0 Å². The van der Waals surface area contributed by atoms with E-state index in [4.69, 9.17) is 18.6 Å². The minimum absolute atomic E-state index is 0.191. The van der Waals surface area contributed by atoms with Crippen LogP contribution in [0.25, 0.3) is 22.3 Å². The van der Waals surface area contributed by atoms with E-state index < -0.39 is 6.10 Å². The van der Waals surface area contributed by atoms with E-state index in [0.29, 0.717) is 34.8 Å². The lowest BCUT2D eigenvalue weighted by molar-refractivity contribution is 0.0501. The number of β-amino-alcohol motifs (C(OH)–C–C–N with tert-alkyl or cyclic N) is 1. The molecule has 0 unspecified atom stereocenters. The molecule has 1 aliphatic rings. The molecule has 0 aliphatic carbocycles. The molecular formula is C27H34N2O6. The third-order valence-corrected chi connectivity index (χ3v) is 6.45. The van der Waals surface area contributed by atoms with E-state index in [-0.39, 0.29) is 12.0 Å². The SMILES string of the molecule is COc1cc(OC)c2c(=O)cc(-c3cc(C)c(OC[C@@H](O)CN4CCN(C)CC4)c(C)c3)oc2c1. The summed E-state index contributed by atoms with van der Waals surface area (Å²) in [6.45, 7) is 8.64. The maximum atomic E-state index is 12.9.